The van der Waals surface area contributed by atoms with Gasteiger partial charge in [0.2, 0.25) is 5.95 Å². The summed E-state index contributed by atoms with van der Waals surface area (Å²) in [6.45, 7) is 2.18. The third-order valence-electron chi connectivity index (χ3n) is 6.92. The van der Waals surface area contributed by atoms with Crippen LogP contribution in [0.2, 0.25) is 0 Å². The fraction of sp³-hybridized carbons (Fsp3) is 0.333. The Morgan fingerprint density at radius 1 is 1.16 bits per heavy atom. The quantitative estimate of drug-likeness (QED) is 0.341. The summed E-state index contributed by atoms with van der Waals surface area (Å²) < 4.78 is 47.3. The van der Waals surface area contributed by atoms with E-state index in [2.05, 4.69) is 25.8 Å². The Hall–Kier alpha value is -4.13. The van der Waals surface area contributed by atoms with Crippen LogP contribution in [0.15, 0.2) is 48.9 Å². The summed E-state index contributed by atoms with van der Waals surface area (Å²) in [7, 11) is 0. The lowest BCUT2D eigenvalue weighted by molar-refractivity contribution is -0.0503. The molecule has 1 fully saturated rings. The van der Waals surface area contributed by atoms with Crippen molar-refractivity contribution in [3.63, 3.8) is 0 Å². The van der Waals surface area contributed by atoms with Gasteiger partial charge in [-0.25, -0.2) is 19.3 Å². The van der Waals surface area contributed by atoms with E-state index in [1.807, 2.05) is 11.8 Å². The first-order valence-electron chi connectivity index (χ1n) is 11.9. The average Bonchev–Trinajstić information content (AvgIpc) is 3.18. The number of halogens is 3. The lowest BCUT2D eigenvalue weighted by Crippen LogP contribution is -2.38. The van der Waals surface area contributed by atoms with Gasteiger partial charge in [-0.15, -0.1) is 0 Å². The molecule has 4 aromatic rings. The molecule has 0 aliphatic carbocycles. The Morgan fingerprint density at radius 2 is 1.86 bits per heavy atom. The molecule has 10 heteroatoms. The number of nitriles is 1. The number of para-hydroxylation sites is 1. The first-order chi connectivity index (χ1) is 17.8. The van der Waals surface area contributed by atoms with Crippen molar-refractivity contribution >= 4 is 11.6 Å². The van der Waals surface area contributed by atoms with Gasteiger partial charge in [-0.3, -0.25) is 0 Å². The van der Waals surface area contributed by atoms with Crippen LogP contribution in [0.25, 0.3) is 16.8 Å². The standard InChI is InChI=1S/C27H25F3N6O/c1-17-22(11-18-5-3-4-6-23(18)37-25(29)30)36-15-20(21(28)12-24(36)34-17)19-13-32-26(33-14-19)35-9-7-27(2,16-31)8-10-35/h3-6,12-15,25H,7-11H2,1-2H3. The van der Waals surface area contributed by atoms with Crippen LogP contribution in [0.1, 0.15) is 36.7 Å². The number of piperidine rings is 1. The largest absolute Gasteiger partial charge is 0.435 e. The van der Waals surface area contributed by atoms with E-state index >= 15 is 4.39 Å². The molecule has 4 heterocycles. The predicted octanol–water partition coefficient (Wildman–Crippen LogP) is 5.56. The number of imidazole rings is 1. The van der Waals surface area contributed by atoms with Crippen molar-refractivity contribution in [3.05, 3.63) is 71.7 Å². The van der Waals surface area contributed by atoms with Gasteiger partial charge in [0.05, 0.1) is 17.2 Å². The summed E-state index contributed by atoms with van der Waals surface area (Å²) >= 11 is 0. The van der Waals surface area contributed by atoms with E-state index in [0.717, 1.165) is 18.5 Å². The monoisotopic (exact) mass is 506 g/mol. The zero-order valence-electron chi connectivity index (χ0n) is 20.5. The van der Waals surface area contributed by atoms with Gasteiger partial charge in [-0.2, -0.15) is 14.0 Å². The van der Waals surface area contributed by atoms with Crippen LogP contribution in [0.4, 0.5) is 19.1 Å². The summed E-state index contributed by atoms with van der Waals surface area (Å²) in [5.41, 5.74) is 2.83. The second kappa shape index (κ2) is 9.73. The van der Waals surface area contributed by atoms with Gasteiger partial charge in [0.25, 0.3) is 0 Å². The molecule has 3 aromatic heterocycles. The fourth-order valence-electron chi connectivity index (χ4n) is 4.63. The van der Waals surface area contributed by atoms with E-state index in [0.29, 0.717) is 47.1 Å². The van der Waals surface area contributed by atoms with Gasteiger partial charge in [-0.05, 0) is 32.8 Å². The van der Waals surface area contributed by atoms with E-state index in [9.17, 15) is 14.0 Å². The molecule has 1 saturated heterocycles. The van der Waals surface area contributed by atoms with Crippen molar-refractivity contribution in [3.8, 4) is 22.9 Å². The molecule has 0 saturated carbocycles. The summed E-state index contributed by atoms with van der Waals surface area (Å²) in [5, 5.41) is 9.34. The van der Waals surface area contributed by atoms with E-state index in [-0.39, 0.29) is 17.6 Å². The predicted molar refractivity (Wildman–Crippen MR) is 132 cm³/mol. The highest BCUT2D eigenvalue weighted by atomic mass is 19.3. The van der Waals surface area contributed by atoms with Gasteiger partial charge in [0.1, 0.15) is 17.2 Å². The molecule has 37 heavy (non-hydrogen) atoms. The molecule has 0 unspecified atom stereocenters. The lowest BCUT2D eigenvalue weighted by Gasteiger charge is -2.34. The van der Waals surface area contributed by atoms with Gasteiger partial charge >= 0.3 is 6.61 Å². The summed E-state index contributed by atoms with van der Waals surface area (Å²) in [4.78, 5) is 15.4. The van der Waals surface area contributed by atoms with Crippen LogP contribution < -0.4 is 9.64 Å². The number of pyridine rings is 1. The van der Waals surface area contributed by atoms with Crippen LogP contribution in [0.3, 0.4) is 0 Å². The summed E-state index contributed by atoms with van der Waals surface area (Å²) in [6.07, 6.45) is 6.53. The normalized spacial score (nSPS) is 15.2. The highest BCUT2D eigenvalue weighted by Gasteiger charge is 2.30. The average molecular weight is 507 g/mol. The second-order valence-electron chi connectivity index (χ2n) is 9.50. The third kappa shape index (κ3) is 4.94. The van der Waals surface area contributed by atoms with Crippen LogP contribution in [0.5, 0.6) is 5.75 Å². The minimum absolute atomic E-state index is 0.0889. The Balaban J connectivity index is 1.45. The molecular formula is C27H25F3N6O. The summed E-state index contributed by atoms with van der Waals surface area (Å²) in [5.74, 6) is 0.163. The molecule has 0 atom stereocenters. The van der Waals surface area contributed by atoms with Gasteiger partial charge in [0.15, 0.2) is 0 Å². The summed E-state index contributed by atoms with van der Waals surface area (Å²) in [6, 6.07) is 10.3. The maximum atomic E-state index is 15.1. The first-order valence-corrected chi connectivity index (χ1v) is 11.9. The number of ether oxygens (including phenoxy) is 1. The Bertz CT molecular complexity index is 1470. The number of aryl methyl sites for hydroxylation is 1. The zero-order valence-corrected chi connectivity index (χ0v) is 20.5. The molecule has 1 aromatic carbocycles. The number of rotatable bonds is 6. The minimum atomic E-state index is -2.94. The number of hydrogen-bond acceptors (Lipinski definition) is 6. The van der Waals surface area contributed by atoms with Gasteiger partial charge < -0.3 is 14.0 Å². The van der Waals surface area contributed by atoms with Crippen LogP contribution in [-0.2, 0) is 6.42 Å². The van der Waals surface area contributed by atoms with Crippen LogP contribution >= 0.6 is 0 Å². The third-order valence-corrected chi connectivity index (χ3v) is 6.92. The van der Waals surface area contributed by atoms with E-state index in [1.54, 1.807) is 48.1 Å². The molecule has 7 nitrogen and oxygen atoms in total. The van der Waals surface area contributed by atoms with Crippen molar-refractivity contribution in [2.24, 2.45) is 5.41 Å². The second-order valence-corrected chi connectivity index (χ2v) is 9.50. The molecule has 0 radical (unpaired) electrons. The van der Waals surface area contributed by atoms with E-state index in [4.69, 9.17) is 0 Å². The zero-order chi connectivity index (χ0) is 26.2. The number of benzene rings is 1. The van der Waals surface area contributed by atoms with Crippen LogP contribution in [0, 0.1) is 29.5 Å². The van der Waals surface area contributed by atoms with Crippen molar-refractivity contribution in [2.75, 3.05) is 18.0 Å². The molecule has 0 spiro atoms. The van der Waals surface area contributed by atoms with E-state index in [1.165, 1.54) is 12.1 Å². The molecule has 0 bridgehead atoms. The maximum absolute atomic E-state index is 15.1. The maximum Gasteiger partial charge on any atom is 0.387 e. The molecule has 0 amide bonds. The molecule has 5 rings (SSSR count). The number of hydrogen-bond donors (Lipinski definition) is 0. The van der Waals surface area contributed by atoms with Crippen molar-refractivity contribution < 1.29 is 17.9 Å². The SMILES string of the molecule is Cc1nc2cc(F)c(-c3cnc(N4CCC(C)(C#N)CC4)nc3)cn2c1Cc1ccccc1OC(F)F. The molecule has 1 aliphatic heterocycles. The van der Waals surface area contributed by atoms with Crippen LogP contribution in [-0.4, -0.2) is 39.1 Å². The Morgan fingerprint density at radius 3 is 2.54 bits per heavy atom. The number of alkyl halides is 2. The topological polar surface area (TPSA) is 79.3 Å². The number of nitrogens with zero attached hydrogens (tertiary/aromatic N) is 6. The fourth-order valence-corrected chi connectivity index (χ4v) is 4.63. The Kier molecular flexibility index (Phi) is 6.46. The number of anilines is 1. The minimum Gasteiger partial charge on any atom is -0.435 e. The Labute approximate surface area is 212 Å². The number of fused-ring (bicyclic) bond motifs is 1. The highest BCUT2D eigenvalue weighted by molar-refractivity contribution is 5.65. The van der Waals surface area contributed by atoms with Gasteiger partial charge in [-0.1, -0.05) is 18.2 Å². The smallest absolute Gasteiger partial charge is 0.387 e. The molecule has 0 N–H and O–H groups in total. The van der Waals surface area contributed by atoms with Crippen molar-refractivity contribution in [2.45, 2.75) is 39.7 Å². The van der Waals surface area contributed by atoms with Gasteiger partial charge in [0, 0.05) is 66.6 Å². The molecular weight excluding hydrogens is 481 g/mol. The highest BCUT2D eigenvalue weighted by Crippen LogP contribution is 2.32. The van der Waals surface area contributed by atoms with Crippen molar-refractivity contribution in [1.82, 2.24) is 19.4 Å². The van der Waals surface area contributed by atoms with E-state index < -0.39 is 12.4 Å². The molecule has 1 aliphatic rings. The van der Waals surface area contributed by atoms with Crippen molar-refractivity contribution in [1.29, 1.82) is 5.26 Å². The lowest BCUT2D eigenvalue weighted by atomic mass is 9.82. The first kappa shape index (κ1) is 24.6. The molecule has 190 valence electrons. The number of aromatic nitrogens is 4.